The quantitative estimate of drug-likeness (QED) is 0.749. The van der Waals surface area contributed by atoms with E-state index in [9.17, 15) is 9.59 Å². The Morgan fingerprint density at radius 1 is 1.21 bits per heavy atom. The van der Waals surface area contributed by atoms with Crippen molar-refractivity contribution in [2.24, 2.45) is 0 Å². The van der Waals surface area contributed by atoms with Crippen molar-refractivity contribution in [3.05, 3.63) is 65.6 Å². The summed E-state index contributed by atoms with van der Waals surface area (Å²) in [6, 6.07) is 12.2. The average Bonchev–Trinajstić information content (AvgIpc) is 2.91. The highest BCUT2D eigenvalue weighted by Crippen LogP contribution is 2.16. The second kappa shape index (κ2) is 6.54. The Morgan fingerprint density at radius 3 is 2.83 bits per heavy atom. The van der Waals surface area contributed by atoms with Crippen molar-refractivity contribution in [1.29, 1.82) is 0 Å². The molecule has 122 valence electrons. The lowest BCUT2D eigenvalue weighted by Gasteiger charge is -2.08. The molecule has 0 bridgehead atoms. The topological polar surface area (TPSA) is 72.7 Å². The number of carbonyl (C=O) groups is 2. The Balaban J connectivity index is 1.88. The number of esters is 1. The molecule has 0 saturated carbocycles. The Bertz CT molecular complexity index is 915. The highest BCUT2D eigenvalue weighted by atomic mass is 16.5. The molecule has 0 aliphatic heterocycles. The van der Waals surface area contributed by atoms with Gasteiger partial charge in [-0.15, -0.1) is 0 Å². The SMILES string of the molecule is CCOC(=O)c1cccc(NC(=O)c2c(C)nc3ccccn23)c1. The predicted octanol–water partition coefficient (Wildman–Crippen LogP) is 3.07. The minimum absolute atomic E-state index is 0.285. The Labute approximate surface area is 139 Å². The van der Waals surface area contributed by atoms with Crippen molar-refractivity contribution < 1.29 is 14.3 Å². The van der Waals surface area contributed by atoms with Crippen molar-refractivity contribution in [3.8, 4) is 0 Å². The number of pyridine rings is 1. The number of carbonyl (C=O) groups excluding carboxylic acids is 2. The summed E-state index contributed by atoms with van der Waals surface area (Å²) in [5.41, 5.74) is 2.73. The fraction of sp³-hybridized carbons (Fsp3) is 0.167. The van der Waals surface area contributed by atoms with Crippen LogP contribution in [0.3, 0.4) is 0 Å². The summed E-state index contributed by atoms with van der Waals surface area (Å²) < 4.78 is 6.71. The number of fused-ring (bicyclic) bond motifs is 1. The van der Waals surface area contributed by atoms with Gasteiger partial charge in [0.05, 0.1) is 17.9 Å². The van der Waals surface area contributed by atoms with Gasteiger partial charge in [-0.25, -0.2) is 9.78 Å². The molecule has 0 saturated heterocycles. The molecule has 3 rings (SSSR count). The van der Waals surface area contributed by atoms with Gasteiger partial charge < -0.3 is 10.1 Å². The average molecular weight is 323 g/mol. The molecule has 0 atom stereocenters. The van der Waals surface area contributed by atoms with Gasteiger partial charge in [0.1, 0.15) is 11.3 Å². The van der Waals surface area contributed by atoms with Gasteiger partial charge in [0.2, 0.25) is 0 Å². The molecule has 0 spiro atoms. The summed E-state index contributed by atoms with van der Waals surface area (Å²) in [5, 5.41) is 2.81. The summed E-state index contributed by atoms with van der Waals surface area (Å²) in [6.45, 7) is 3.84. The largest absolute Gasteiger partial charge is 0.462 e. The van der Waals surface area contributed by atoms with Crippen LogP contribution in [-0.4, -0.2) is 27.9 Å². The maximum atomic E-state index is 12.6. The van der Waals surface area contributed by atoms with Crippen LogP contribution in [-0.2, 0) is 4.74 Å². The maximum Gasteiger partial charge on any atom is 0.338 e. The molecular weight excluding hydrogens is 306 g/mol. The second-order valence-corrected chi connectivity index (χ2v) is 5.23. The number of rotatable bonds is 4. The molecule has 24 heavy (non-hydrogen) atoms. The lowest BCUT2D eigenvalue weighted by Crippen LogP contribution is -2.16. The minimum atomic E-state index is -0.417. The van der Waals surface area contributed by atoms with E-state index in [2.05, 4.69) is 10.3 Å². The molecule has 6 nitrogen and oxygen atoms in total. The van der Waals surface area contributed by atoms with E-state index in [-0.39, 0.29) is 5.91 Å². The van der Waals surface area contributed by atoms with Gasteiger partial charge in [-0.2, -0.15) is 0 Å². The molecule has 1 N–H and O–H groups in total. The molecule has 0 unspecified atom stereocenters. The van der Waals surface area contributed by atoms with Gasteiger partial charge in [-0.05, 0) is 44.2 Å². The van der Waals surface area contributed by atoms with Crippen LogP contribution in [0.1, 0.15) is 33.5 Å². The van der Waals surface area contributed by atoms with Crippen molar-refractivity contribution >= 4 is 23.2 Å². The molecule has 6 heteroatoms. The normalized spacial score (nSPS) is 10.6. The summed E-state index contributed by atoms with van der Waals surface area (Å²) >= 11 is 0. The first-order chi connectivity index (χ1) is 11.6. The zero-order chi connectivity index (χ0) is 17.1. The van der Waals surface area contributed by atoms with E-state index in [0.717, 1.165) is 0 Å². The van der Waals surface area contributed by atoms with Gasteiger partial charge in [0, 0.05) is 11.9 Å². The number of benzene rings is 1. The molecule has 0 aliphatic carbocycles. The van der Waals surface area contributed by atoms with Crippen molar-refractivity contribution in [3.63, 3.8) is 0 Å². The number of anilines is 1. The van der Waals surface area contributed by atoms with Crippen LogP contribution in [0.4, 0.5) is 5.69 Å². The molecule has 0 fully saturated rings. The lowest BCUT2D eigenvalue weighted by atomic mass is 10.2. The van der Waals surface area contributed by atoms with E-state index in [0.29, 0.717) is 34.9 Å². The van der Waals surface area contributed by atoms with Crippen molar-refractivity contribution in [1.82, 2.24) is 9.38 Å². The third kappa shape index (κ3) is 2.99. The summed E-state index contributed by atoms with van der Waals surface area (Å²) in [6.07, 6.45) is 1.79. The second-order valence-electron chi connectivity index (χ2n) is 5.23. The number of imidazole rings is 1. The van der Waals surface area contributed by atoms with E-state index < -0.39 is 5.97 Å². The van der Waals surface area contributed by atoms with E-state index in [1.165, 1.54) is 0 Å². The number of aryl methyl sites for hydroxylation is 1. The zero-order valence-electron chi connectivity index (χ0n) is 13.4. The van der Waals surface area contributed by atoms with Gasteiger partial charge in [0.15, 0.2) is 0 Å². The van der Waals surface area contributed by atoms with Gasteiger partial charge in [-0.1, -0.05) is 12.1 Å². The van der Waals surface area contributed by atoms with Gasteiger partial charge in [-0.3, -0.25) is 9.20 Å². The Hall–Kier alpha value is -3.15. The van der Waals surface area contributed by atoms with Crippen LogP contribution in [0.2, 0.25) is 0 Å². The fourth-order valence-electron chi connectivity index (χ4n) is 2.52. The molecule has 2 heterocycles. The van der Waals surface area contributed by atoms with Crippen LogP contribution in [0, 0.1) is 6.92 Å². The number of hydrogen-bond donors (Lipinski definition) is 1. The number of nitrogens with zero attached hydrogens (tertiary/aromatic N) is 2. The Morgan fingerprint density at radius 2 is 2.04 bits per heavy atom. The molecule has 0 aliphatic rings. The fourth-order valence-corrected chi connectivity index (χ4v) is 2.52. The first-order valence-electron chi connectivity index (χ1n) is 7.62. The standard InChI is InChI=1S/C18H17N3O3/c1-3-24-18(23)13-7-6-8-14(11-13)20-17(22)16-12(2)19-15-9-4-5-10-21(15)16/h4-11H,3H2,1-2H3,(H,20,22). The maximum absolute atomic E-state index is 12.6. The highest BCUT2D eigenvalue weighted by molar-refractivity contribution is 6.05. The molecule has 0 radical (unpaired) electrons. The van der Waals surface area contributed by atoms with Crippen LogP contribution in [0.15, 0.2) is 48.7 Å². The summed E-state index contributed by atoms with van der Waals surface area (Å²) in [5.74, 6) is -0.702. The summed E-state index contributed by atoms with van der Waals surface area (Å²) in [4.78, 5) is 28.8. The van der Waals surface area contributed by atoms with Crippen LogP contribution >= 0.6 is 0 Å². The zero-order valence-corrected chi connectivity index (χ0v) is 13.4. The number of aromatic nitrogens is 2. The predicted molar refractivity (Wildman–Crippen MR) is 90.3 cm³/mol. The third-order valence-corrected chi connectivity index (χ3v) is 3.55. The molecular formula is C18H17N3O3. The highest BCUT2D eigenvalue weighted by Gasteiger charge is 2.17. The number of hydrogen-bond acceptors (Lipinski definition) is 4. The lowest BCUT2D eigenvalue weighted by molar-refractivity contribution is 0.0526. The minimum Gasteiger partial charge on any atom is -0.462 e. The van der Waals surface area contributed by atoms with E-state index in [1.54, 1.807) is 48.7 Å². The van der Waals surface area contributed by atoms with Crippen molar-refractivity contribution in [2.45, 2.75) is 13.8 Å². The first-order valence-corrected chi connectivity index (χ1v) is 7.62. The summed E-state index contributed by atoms with van der Waals surface area (Å²) in [7, 11) is 0. The Kier molecular flexibility index (Phi) is 4.29. The van der Waals surface area contributed by atoms with Crippen molar-refractivity contribution in [2.75, 3.05) is 11.9 Å². The smallest absolute Gasteiger partial charge is 0.338 e. The van der Waals surface area contributed by atoms with E-state index in [4.69, 9.17) is 4.74 Å². The number of nitrogens with one attached hydrogen (secondary N) is 1. The van der Waals surface area contributed by atoms with E-state index in [1.807, 2.05) is 18.2 Å². The van der Waals surface area contributed by atoms with Gasteiger partial charge >= 0.3 is 5.97 Å². The number of amides is 1. The van der Waals surface area contributed by atoms with Crippen LogP contribution < -0.4 is 5.32 Å². The molecule has 1 amide bonds. The third-order valence-electron chi connectivity index (χ3n) is 3.55. The first kappa shape index (κ1) is 15.7. The van der Waals surface area contributed by atoms with E-state index >= 15 is 0 Å². The molecule has 3 aromatic rings. The monoisotopic (exact) mass is 323 g/mol. The molecule has 2 aromatic heterocycles. The number of ether oxygens (including phenoxy) is 1. The molecule has 1 aromatic carbocycles. The van der Waals surface area contributed by atoms with Crippen LogP contribution in [0.5, 0.6) is 0 Å². The van der Waals surface area contributed by atoms with Gasteiger partial charge in [0.25, 0.3) is 5.91 Å². The van der Waals surface area contributed by atoms with Crippen LogP contribution in [0.25, 0.3) is 5.65 Å².